The van der Waals surface area contributed by atoms with Gasteiger partial charge in [-0.05, 0) is 42.5 Å². The second-order valence-electron chi connectivity index (χ2n) is 6.65. The number of aromatic amines is 1. The van der Waals surface area contributed by atoms with E-state index in [2.05, 4.69) is 44.6 Å². The van der Waals surface area contributed by atoms with Gasteiger partial charge in [-0.2, -0.15) is 5.10 Å². The van der Waals surface area contributed by atoms with Crippen molar-refractivity contribution in [1.29, 1.82) is 0 Å². The minimum absolute atomic E-state index is 0.134. The number of carbonyl (C=O) groups is 1. The summed E-state index contributed by atoms with van der Waals surface area (Å²) in [4.78, 5) is 17.5. The zero-order valence-corrected chi connectivity index (χ0v) is 14.4. The van der Waals surface area contributed by atoms with Crippen LogP contribution in [0.2, 0.25) is 0 Å². The average Bonchev–Trinajstić information content (AvgIpc) is 3.31. The van der Waals surface area contributed by atoms with Gasteiger partial charge in [-0.15, -0.1) is 0 Å². The highest BCUT2D eigenvalue weighted by molar-refractivity contribution is 5.91. The van der Waals surface area contributed by atoms with Gasteiger partial charge < -0.3 is 10.3 Å². The highest BCUT2D eigenvalue weighted by atomic mass is 16.1. The van der Waals surface area contributed by atoms with Crippen LogP contribution in [0.1, 0.15) is 34.9 Å². The van der Waals surface area contributed by atoms with Gasteiger partial charge in [0.15, 0.2) is 0 Å². The van der Waals surface area contributed by atoms with E-state index in [0.717, 1.165) is 32.5 Å². The number of hydrogen-bond donors (Lipinski definition) is 2. The average molecular weight is 337 g/mol. The minimum Gasteiger partial charge on any atom is -0.361 e. The zero-order valence-electron chi connectivity index (χ0n) is 14.4. The number of fused-ring (bicyclic) bond motifs is 1. The van der Waals surface area contributed by atoms with Gasteiger partial charge in [0.05, 0.1) is 6.04 Å². The summed E-state index contributed by atoms with van der Waals surface area (Å²) in [6.45, 7) is 2.97. The molecule has 3 aromatic rings. The second-order valence-corrected chi connectivity index (χ2v) is 6.65. The quantitative estimate of drug-likeness (QED) is 0.769. The number of H-pyrrole nitrogens is 1. The maximum Gasteiger partial charge on any atom is 0.271 e. The van der Waals surface area contributed by atoms with Gasteiger partial charge in [0.1, 0.15) is 5.69 Å². The molecule has 1 aliphatic heterocycles. The first-order valence-corrected chi connectivity index (χ1v) is 8.79. The van der Waals surface area contributed by atoms with Gasteiger partial charge in [0.25, 0.3) is 5.91 Å². The molecule has 6 nitrogen and oxygen atoms in total. The van der Waals surface area contributed by atoms with E-state index in [0.29, 0.717) is 11.7 Å². The lowest BCUT2D eigenvalue weighted by Gasteiger charge is -2.33. The van der Waals surface area contributed by atoms with Crippen LogP contribution >= 0.6 is 0 Å². The molecule has 0 aliphatic carbocycles. The summed E-state index contributed by atoms with van der Waals surface area (Å²) in [6, 6.07) is 10.7. The van der Waals surface area contributed by atoms with Crippen LogP contribution in [-0.4, -0.2) is 45.7 Å². The topological polar surface area (TPSA) is 66.0 Å². The van der Waals surface area contributed by atoms with Crippen LogP contribution in [0.5, 0.6) is 0 Å². The third-order valence-corrected chi connectivity index (χ3v) is 4.99. The second kappa shape index (κ2) is 6.72. The number of amides is 1. The van der Waals surface area contributed by atoms with E-state index in [1.165, 1.54) is 16.5 Å². The Morgan fingerprint density at radius 2 is 2.28 bits per heavy atom. The summed E-state index contributed by atoms with van der Waals surface area (Å²) in [5.74, 6) is -0.134. The van der Waals surface area contributed by atoms with Crippen molar-refractivity contribution in [3.63, 3.8) is 0 Å². The Labute approximate surface area is 146 Å². The highest BCUT2D eigenvalue weighted by Gasteiger charge is 2.23. The molecule has 0 saturated carbocycles. The smallest absolute Gasteiger partial charge is 0.271 e. The van der Waals surface area contributed by atoms with E-state index in [1.54, 1.807) is 13.1 Å². The number of nitrogens with zero attached hydrogens (tertiary/aromatic N) is 3. The summed E-state index contributed by atoms with van der Waals surface area (Å²) < 4.78 is 1.95. The van der Waals surface area contributed by atoms with Crippen LogP contribution in [0.25, 0.3) is 10.9 Å². The van der Waals surface area contributed by atoms with Gasteiger partial charge in [0, 0.05) is 38.0 Å². The zero-order chi connectivity index (χ0) is 17.2. The molecular formula is C19H23N5O. The molecule has 1 amide bonds. The van der Waals surface area contributed by atoms with E-state index in [-0.39, 0.29) is 5.91 Å². The van der Waals surface area contributed by atoms with Crippen LogP contribution in [0.3, 0.4) is 0 Å². The lowest BCUT2D eigenvalue weighted by atomic mass is 10.0. The molecule has 0 unspecified atom stereocenters. The summed E-state index contributed by atoms with van der Waals surface area (Å²) in [5, 5.41) is 8.34. The molecule has 0 bridgehead atoms. The molecule has 2 aromatic heterocycles. The molecule has 130 valence electrons. The van der Waals surface area contributed by atoms with E-state index in [4.69, 9.17) is 0 Å². The number of hydrogen-bond acceptors (Lipinski definition) is 3. The van der Waals surface area contributed by atoms with Crippen molar-refractivity contribution in [2.45, 2.75) is 25.4 Å². The first kappa shape index (κ1) is 15.9. The van der Waals surface area contributed by atoms with E-state index < -0.39 is 0 Å². The first-order valence-electron chi connectivity index (χ1n) is 8.79. The number of aromatic nitrogens is 3. The predicted molar refractivity (Wildman–Crippen MR) is 97.5 cm³/mol. The third-order valence-electron chi connectivity index (χ3n) is 4.99. The molecule has 6 heteroatoms. The Hall–Kier alpha value is -2.60. The molecule has 3 heterocycles. The number of carbonyl (C=O) groups excluding carboxylic acids is 1. The maximum atomic E-state index is 11.7. The van der Waals surface area contributed by atoms with Crippen molar-refractivity contribution in [2.75, 3.05) is 20.1 Å². The molecule has 1 saturated heterocycles. The molecule has 2 N–H and O–H groups in total. The number of piperidine rings is 1. The Morgan fingerprint density at radius 1 is 1.36 bits per heavy atom. The molecule has 4 rings (SSSR count). The Morgan fingerprint density at radius 3 is 3.16 bits per heavy atom. The van der Waals surface area contributed by atoms with Crippen molar-refractivity contribution >= 4 is 16.8 Å². The summed E-state index contributed by atoms with van der Waals surface area (Å²) in [7, 11) is 1.63. The van der Waals surface area contributed by atoms with Crippen LogP contribution in [-0.2, 0) is 6.54 Å². The first-order chi connectivity index (χ1) is 12.2. The molecule has 0 radical (unpaired) electrons. The number of para-hydroxylation sites is 1. The van der Waals surface area contributed by atoms with Crippen molar-refractivity contribution in [3.05, 3.63) is 54.0 Å². The van der Waals surface area contributed by atoms with Crippen molar-refractivity contribution in [2.24, 2.45) is 0 Å². The number of nitrogens with one attached hydrogen (secondary N) is 2. The summed E-state index contributed by atoms with van der Waals surface area (Å²) >= 11 is 0. The molecule has 1 atom stereocenters. The van der Waals surface area contributed by atoms with Crippen LogP contribution < -0.4 is 5.32 Å². The van der Waals surface area contributed by atoms with Crippen LogP contribution in [0, 0.1) is 0 Å². The fraction of sp³-hybridized carbons (Fsp3) is 0.368. The largest absolute Gasteiger partial charge is 0.361 e. The lowest BCUT2D eigenvalue weighted by Crippen LogP contribution is -2.36. The Bertz CT molecular complexity index is 881. The Balaban J connectivity index is 1.48. The minimum atomic E-state index is -0.134. The van der Waals surface area contributed by atoms with Crippen LogP contribution in [0.4, 0.5) is 0 Å². The van der Waals surface area contributed by atoms with Gasteiger partial charge in [0.2, 0.25) is 0 Å². The Kier molecular flexibility index (Phi) is 4.28. The van der Waals surface area contributed by atoms with E-state index >= 15 is 0 Å². The van der Waals surface area contributed by atoms with Crippen molar-refractivity contribution < 1.29 is 4.79 Å². The molecule has 25 heavy (non-hydrogen) atoms. The van der Waals surface area contributed by atoms with E-state index in [9.17, 15) is 4.79 Å². The van der Waals surface area contributed by atoms with Gasteiger partial charge in [-0.3, -0.25) is 14.4 Å². The number of benzene rings is 1. The molecule has 1 fully saturated rings. The standard InChI is InChI=1S/C19H23N5O/c1-20-19(25)17-8-11-24(22-17)16-6-3-10-23(13-16)12-15-5-2-4-14-7-9-21-18(14)15/h2,4-5,7-9,11,16,21H,3,6,10,12-13H2,1H3,(H,20,25)/t16-/m0/s1. The maximum absolute atomic E-state index is 11.7. The third kappa shape index (κ3) is 3.17. The highest BCUT2D eigenvalue weighted by Crippen LogP contribution is 2.25. The normalized spacial score (nSPS) is 18.5. The van der Waals surface area contributed by atoms with E-state index in [1.807, 2.05) is 17.1 Å². The fourth-order valence-corrected chi connectivity index (χ4v) is 3.70. The predicted octanol–water partition coefficient (Wildman–Crippen LogP) is 2.56. The fourth-order valence-electron chi connectivity index (χ4n) is 3.70. The van der Waals surface area contributed by atoms with Gasteiger partial charge in [-0.1, -0.05) is 18.2 Å². The molecule has 1 aromatic carbocycles. The summed E-state index contributed by atoms with van der Waals surface area (Å²) in [5.41, 5.74) is 3.04. The van der Waals surface area contributed by atoms with Crippen LogP contribution in [0.15, 0.2) is 42.7 Å². The molecular weight excluding hydrogens is 314 g/mol. The van der Waals surface area contributed by atoms with Crippen molar-refractivity contribution in [1.82, 2.24) is 25.0 Å². The summed E-state index contributed by atoms with van der Waals surface area (Å²) in [6.07, 6.45) is 6.15. The SMILES string of the molecule is CNC(=O)c1ccn([C@H]2CCCN(Cc3cccc4cc[nH]c34)C2)n1. The number of likely N-dealkylation sites (tertiary alicyclic amines) is 1. The lowest BCUT2D eigenvalue weighted by molar-refractivity contribution is 0.0955. The monoisotopic (exact) mass is 337 g/mol. The molecule has 1 aliphatic rings. The van der Waals surface area contributed by atoms with Crippen molar-refractivity contribution in [3.8, 4) is 0 Å². The number of rotatable bonds is 4. The molecule has 0 spiro atoms. The van der Waals surface area contributed by atoms with Gasteiger partial charge >= 0.3 is 0 Å². The van der Waals surface area contributed by atoms with Gasteiger partial charge in [-0.25, -0.2) is 0 Å².